The highest BCUT2D eigenvalue weighted by molar-refractivity contribution is 5.46. The Morgan fingerprint density at radius 3 is 2.89 bits per heavy atom. The van der Waals surface area contributed by atoms with Crippen LogP contribution in [-0.4, -0.2) is 16.5 Å². The van der Waals surface area contributed by atoms with Crippen LogP contribution in [0.5, 0.6) is 0 Å². The first-order chi connectivity index (χ1) is 8.72. The first-order valence-corrected chi connectivity index (χ1v) is 6.07. The highest BCUT2D eigenvalue weighted by Gasteiger charge is 2.16. The van der Waals surface area contributed by atoms with Crippen LogP contribution in [-0.2, 0) is 0 Å². The lowest BCUT2D eigenvalue weighted by molar-refractivity contribution is 0.628. The molecule has 0 aromatic carbocycles. The molecule has 0 aliphatic heterocycles. The Balaban J connectivity index is 2.44. The zero-order valence-corrected chi connectivity index (χ0v) is 10.7. The van der Waals surface area contributed by atoms with Crippen molar-refractivity contribution in [3.8, 4) is 0 Å². The van der Waals surface area contributed by atoms with Crippen LogP contribution in [0.3, 0.4) is 0 Å². The first-order valence-electron chi connectivity index (χ1n) is 6.07. The van der Waals surface area contributed by atoms with Crippen molar-refractivity contribution < 1.29 is 0 Å². The number of nitrogens with two attached hydrogens (primary N) is 1. The second kappa shape index (κ2) is 5.60. The Morgan fingerprint density at radius 1 is 1.39 bits per heavy atom. The summed E-state index contributed by atoms with van der Waals surface area (Å²) in [6, 6.07) is 6.08. The van der Waals surface area contributed by atoms with E-state index in [4.69, 9.17) is 5.73 Å². The molecule has 0 spiro atoms. The summed E-state index contributed by atoms with van der Waals surface area (Å²) in [4.78, 5) is 8.39. The lowest BCUT2D eigenvalue weighted by atomic mass is 9.99. The fourth-order valence-corrected chi connectivity index (χ4v) is 1.99. The summed E-state index contributed by atoms with van der Waals surface area (Å²) >= 11 is 0. The van der Waals surface area contributed by atoms with Crippen molar-refractivity contribution in [3.05, 3.63) is 53.5 Å². The minimum atomic E-state index is 0.0381. The second-order valence-corrected chi connectivity index (χ2v) is 4.26. The zero-order chi connectivity index (χ0) is 13.0. The normalized spacial score (nSPS) is 12.3. The van der Waals surface area contributed by atoms with Crippen LogP contribution >= 0.6 is 0 Å². The summed E-state index contributed by atoms with van der Waals surface area (Å²) < 4.78 is 0. The highest BCUT2D eigenvalue weighted by Crippen LogP contribution is 2.25. The van der Waals surface area contributed by atoms with Gasteiger partial charge >= 0.3 is 0 Å². The number of anilines is 1. The largest absolute Gasteiger partial charge is 0.383 e. The predicted molar refractivity (Wildman–Crippen MR) is 73.1 cm³/mol. The quantitative estimate of drug-likeness (QED) is 0.861. The molecule has 0 fully saturated rings. The Hall–Kier alpha value is -1.94. The Morgan fingerprint density at radius 2 is 2.22 bits per heavy atom. The van der Waals surface area contributed by atoms with Gasteiger partial charge in [-0.2, -0.15) is 0 Å². The monoisotopic (exact) mass is 242 g/mol. The zero-order valence-electron chi connectivity index (χ0n) is 10.7. The maximum Gasteiger partial charge on any atom is 0.128 e. The highest BCUT2D eigenvalue weighted by atomic mass is 14.9. The topological polar surface area (TPSA) is 63.8 Å². The number of pyridine rings is 2. The average molecular weight is 242 g/mol. The number of rotatable bonds is 4. The molecule has 94 valence electrons. The van der Waals surface area contributed by atoms with Crippen LogP contribution in [0.1, 0.15) is 29.7 Å². The third kappa shape index (κ3) is 2.65. The molecule has 2 aromatic rings. The van der Waals surface area contributed by atoms with Crippen LogP contribution in [0, 0.1) is 6.92 Å². The fourth-order valence-electron chi connectivity index (χ4n) is 1.99. The van der Waals surface area contributed by atoms with Crippen molar-refractivity contribution >= 4 is 5.82 Å². The van der Waals surface area contributed by atoms with Crippen LogP contribution in [0.15, 0.2) is 36.8 Å². The summed E-state index contributed by atoms with van der Waals surface area (Å²) in [6.45, 7) is 4.94. The number of hydrogen-bond donors (Lipinski definition) is 2. The summed E-state index contributed by atoms with van der Waals surface area (Å²) in [5.41, 5.74) is 9.19. The summed E-state index contributed by atoms with van der Waals surface area (Å²) in [5.74, 6) is 0.565. The average Bonchev–Trinajstić information content (AvgIpc) is 2.40. The number of nitrogen functional groups attached to an aromatic ring is 1. The van der Waals surface area contributed by atoms with E-state index in [1.807, 2.05) is 25.3 Å². The van der Waals surface area contributed by atoms with Crippen molar-refractivity contribution in [2.24, 2.45) is 0 Å². The second-order valence-electron chi connectivity index (χ2n) is 4.26. The minimum absolute atomic E-state index is 0.0381. The van der Waals surface area contributed by atoms with Crippen LogP contribution < -0.4 is 11.1 Å². The molecule has 2 aromatic heterocycles. The maximum absolute atomic E-state index is 5.99. The predicted octanol–water partition coefficient (Wildman–Crippen LogP) is 2.07. The number of aryl methyl sites for hydroxylation is 1. The van der Waals surface area contributed by atoms with E-state index < -0.39 is 0 Å². The molecule has 0 aliphatic carbocycles. The van der Waals surface area contributed by atoms with Crippen LogP contribution in [0.2, 0.25) is 0 Å². The first kappa shape index (κ1) is 12.5. The number of hydrogen-bond acceptors (Lipinski definition) is 4. The molecule has 0 amide bonds. The lowest BCUT2D eigenvalue weighted by Crippen LogP contribution is -2.23. The molecule has 1 atom stereocenters. The van der Waals surface area contributed by atoms with Crippen molar-refractivity contribution in [2.75, 3.05) is 12.3 Å². The third-order valence-corrected chi connectivity index (χ3v) is 2.82. The Bertz CT molecular complexity index is 510. The summed E-state index contributed by atoms with van der Waals surface area (Å²) in [7, 11) is 0. The number of nitrogens with one attached hydrogen (secondary N) is 1. The Labute approximate surface area is 107 Å². The Kier molecular flexibility index (Phi) is 3.89. The van der Waals surface area contributed by atoms with Gasteiger partial charge in [0.1, 0.15) is 5.82 Å². The smallest absolute Gasteiger partial charge is 0.128 e. The third-order valence-electron chi connectivity index (χ3n) is 2.82. The number of nitrogens with zero attached hydrogens (tertiary/aromatic N) is 2. The van der Waals surface area contributed by atoms with Gasteiger partial charge in [0.15, 0.2) is 0 Å². The summed E-state index contributed by atoms with van der Waals surface area (Å²) in [6.07, 6.45) is 5.41. The van der Waals surface area contributed by atoms with E-state index in [0.717, 1.165) is 23.2 Å². The van der Waals surface area contributed by atoms with Crippen molar-refractivity contribution in [3.63, 3.8) is 0 Å². The molecular formula is C14H18N4. The minimum Gasteiger partial charge on any atom is -0.383 e. The standard InChI is InChI=1S/C14H18N4/c1-3-17-13(11-5-4-6-16-9-11)12-7-10(2)8-18-14(12)15/h4-9,13,17H,3H2,1-2H3,(H2,15,18). The van der Waals surface area contributed by atoms with Crippen LogP contribution in [0.4, 0.5) is 5.82 Å². The molecule has 0 saturated heterocycles. The van der Waals surface area contributed by atoms with Crippen molar-refractivity contribution in [1.82, 2.24) is 15.3 Å². The molecule has 1 unspecified atom stereocenters. The molecule has 2 rings (SSSR count). The van der Waals surface area contributed by atoms with E-state index in [1.54, 1.807) is 12.4 Å². The molecule has 0 radical (unpaired) electrons. The molecule has 4 nitrogen and oxygen atoms in total. The van der Waals surface area contributed by atoms with Gasteiger partial charge in [0.05, 0.1) is 6.04 Å². The molecule has 18 heavy (non-hydrogen) atoms. The van der Waals surface area contributed by atoms with E-state index in [0.29, 0.717) is 5.82 Å². The van der Waals surface area contributed by atoms with Gasteiger partial charge in [0.2, 0.25) is 0 Å². The fraction of sp³-hybridized carbons (Fsp3) is 0.286. The van der Waals surface area contributed by atoms with Gasteiger partial charge in [0.25, 0.3) is 0 Å². The number of aromatic nitrogens is 2. The van der Waals surface area contributed by atoms with Gasteiger partial charge in [0, 0.05) is 24.2 Å². The van der Waals surface area contributed by atoms with Gasteiger partial charge in [-0.25, -0.2) is 4.98 Å². The molecule has 0 bridgehead atoms. The lowest BCUT2D eigenvalue weighted by Gasteiger charge is -2.20. The maximum atomic E-state index is 5.99. The van der Waals surface area contributed by atoms with Crippen molar-refractivity contribution in [2.45, 2.75) is 19.9 Å². The molecule has 4 heteroatoms. The van der Waals surface area contributed by atoms with E-state index in [1.165, 1.54) is 0 Å². The van der Waals surface area contributed by atoms with E-state index >= 15 is 0 Å². The van der Waals surface area contributed by atoms with Gasteiger partial charge in [-0.15, -0.1) is 0 Å². The van der Waals surface area contributed by atoms with Gasteiger partial charge in [-0.05, 0) is 36.7 Å². The van der Waals surface area contributed by atoms with E-state index in [-0.39, 0.29) is 6.04 Å². The SMILES string of the molecule is CCNC(c1cccnc1)c1cc(C)cnc1N. The van der Waals surface area contributed by atoms with Gasteiger partial charge < -0.3 is 11.1 Å². The van der Waals surface area contributed by atoms with Crippen LogP contribution in [0.25, 0.3) is 0 Å². The molecule has 0 aliphatic rings. The molecule has 2 heterocycles. The van der Waals surface area contributed by atoms with Crippen molar-refractivity contribution in [1.29, 1.82) is 0 Å². The van der Waals surface area contributed by atoms with E-state index in [9.17, 15) is 0 Å². The summed E-state index contributed by atoms with van der Waals surface area (Å²) in [5, 5.41) is 3.42. The molecule has 3 N–H and O–H groups in total. The molecule has 0 saturated carbocycles. The van der Waals surface area contributed by atoms with Gasteiger partial charge in [-0.3, -0.25) is 4.98 Å². The molecular weight excluding hydrogens is 224 g/mol. The van der Waals surface area contributed by atoms with Gasteiger partial charge in [-0.1, -0.05) is 13.0 Å². The van der Waals surface area contributed by atoms with E-state index in [2.05, 4.69) is 28.3 Å².